The molecule has 0 aromatic heterocycles. The van der Waals surface area contributed by atoms with E-state index in [-0.39, 0.29) is 40.1 Å². The molecule has 1 fully saturated rings. The topological polar surface area (TPSA) is 113 Å². The van der Waals surface area contributed by atoms with Gasteiger partial charge in [-0.3, -0.25) is 9.10 Å². The van der Waals surface area contributed by atoms with E-state index < -0.39 is 20.0 Å². The van der Waals surface area contributed by atoms with Crippen molar-refractivity contribution in [2.45, 2.75) is 35.5 Å². The first-order valence-corrected chi connectivity index (χ1v) is 13.6. The van der Waals surface area contributed by atoms with Crippen molar-refractivity contribution in [1.82, 2.24) is 9.62 Å². The van der Waals surface area contributed by atoms with E-state index in [2.05, 4.69) is 4.72 Å². The Morgan fingerprint density at radius 1 is 1.00 bits per heavy atom. The second kappa shape index (κ2) is 10.5. The predicted octanol–water partition coefficient (Wildman–Crippen LogP) is 2.20. The summed E-state index contributed by atoms with van der Waals surface area (Å²) in [6, 6.07) is 11.8. The minimum absolute atomic E-state index is 0.0445. The van der Waals surface area contributed by atoms with Gasteiger partial charge in [0.15, 0.2) is 0 Å². The predicted molar refractivity (Wildman–Crippen MR) is 125 cm³/mol. The summed E-state index contributed by atoms with van der Waals surface area (Å²) in [5.74, 6) is 0.123. The van der Waals surface area contributed by atoms with Crippen LogP contribution in [-0.2, 0) is 24.8 Å². The Morgan fingerprint density at radius 2 is 1.67 bits per heavy atom. The second-order valence-electron chi connectivity index (χ2n) is 7.71. The molecular weight excluding hydrogens is 466 g/mol. The number of hydrogen-bond acceptors (Lipinski definition) is 6. The number of sulfonamides is 2. The lowest BCUT2D eigenvalue weighted by Gasteiger charge is -2.26. The van der Waals surface area contributed by atoms with E-state index in [0.717, 1.165) is 23.6 Å². The monoisotopic (exact) mass is 495 g/mol. The molecule has 0 atom stereocenters. The van der Waals surface area contributed by atoms with Crippen molar-refractivity contribution in [2.24, 2.45) is 0 Å². The molecular formula is C22H29N3O6S2. The van der Waals surface area contributed by atoms with Crippen LogP contribution in [0.2, 0.25) is 0 Å². The maximum atomic E-state index is 13.0. The lowest BCUT2D eigenvalue weighted by molar-refractivity contribution is -0.131. The van der Waals surface area contributed by atoms with Crippen LogP contribution >= 0.6 is 0 Å². The summed E-state index contributed by atoms with van der Waals surface area (Å²) in [5, 5.41) is 0. The van der Waals surface area contributed by atoms with Crippen LogP contribution in [0.1, 0.15) is 25.7 Å². The lowest BCUT2D eigenvalue weighted by Crippen LogP contribution is -2.37. The van der Waals surface area contributed by atoms with Gasteiger partial charge in [-0.1, -0.05) is 18.2 Å². The van der Waals surface area contributed by atoms with Crippen LogP contribution in [0.4, 0.5) is 5.69 Å². The van der Waals surface area contributed by atoms with E-state index in [1.165, 1.54) is 44.5 Å². The van der Waals surface area contributed by atoms with Gasteiger partial charge in [0, 0.05) is 33.1 Å². The first-order valence-electron chi connectivity index (χ1n) is 10.7. The molecule has 1 heterocycles. The highest BCUT2D eigenvalue weighted by molar-refractivity contribution is 7.92. The highest BCUT2D eigenvalue weighted by atomic mass is 32.2. The van der Waals surface area contributed by atoms with E-state index >= 15 is 0 Å². The molecule has 3 rings (SSSR count). The van der Waals surface area contributed by atoms with Gasteiger partial charge in [0.25, 0.3) is 10.0 Å². The number of methoxy groups -OCH3 is 1. The molecule has 1 saturated heterocycles. The van der Waals surface area contributed by atoms with Crippen molar-refractivity contribution in [2.75, 3.05) is 38.1 Å². The standard InChI is InChI=1S/C22H29N3O6S2/c1-24(33(29,30)18-9-5-3-6-10-18)20-17-19(11-12-21(20)31-2)32(27,28)23-14-13-22(26)25-15-7-4-8-16-25/h3,5-6,9-12,17,23H,4,7-8,13-16H2,1-2H3. The third kappa shape index (κ3) is 5.84. The molecule has 0 bridgehead atoms. The normalized spacial score (nSPS) is 14.7. The molecule has 1 amide bonds. The van der Waals surface area contributed by atoms with Crippen LogP contribution < -0.4 is 13.8 Å². The first kappa shape index (κ1) is 25.0. The number of carbonyl (C=O) groups excluding carboxylic acids is 1. The Morgan fingerprint density at radius 3 is 2.30 bits per heavy atom. The Kier molecular flexibility index (Phi) is 7.98. The van der Waals surface area contributed by atoms with Crippen LogP contribution in [0.25, 0.3) is 0 Å². The molecule has 11 heteroatoms. The van der Waals surface area contributed by atoms with Crippen LogP contribution in [0.15, 0.2) is 58.3 Å². The zero-order chi connectivity index (χ0) is 24.1. The van der Waals surface area contributed by atoms with Gasteiger partial charge in [-0.25, -0.2) is 21.6 Å². The van der Waals surface area contributed by atoms with E-state index in [4.69, 9.17) is 4.74 Å². The average Bonchev–Trinajstić information content (AvgIpc) is 2.84. The van der Waals surface area contributed by atoms with Crippen molar-refractivity contribution in [3.63, 3.8) is 0 Å². The average molecular weight is 496 g/mol. The maximum absolute atomic E-state index is 13.0. The number of likely N-dealkylation sites (tertiary alicyclic amines) is 1. The molecule has 0 spiro atoms. The van der Waals surface area contributed by atoms with Gasteiger partial charge >= 0.3 is 0 Å². The van der Waals surface area contributed by atoms with Crippen molar-refractivity contribution < 1.29 is 26.4 Å². The molecule has 0 radical (unpaired) electrons. The molecule has 0 unspecified atom stereocenters. The zero-order valence-electron chi connectivity index (χ0n) is 18.7. The molecule has 1 aliphatic heterocycles. The number of benzene rings is 2. The molecule has 1 aliphatic rings. The van der Waals surface area contributed by atoms with Gasteiger partial charge in [0.1, 0.15) is 5.75 Å². The van der Waals surface area contributed by atoms with Crippen molar-refractivity contribution in [1.29, 1.82) is 0 Å². The van der Waals surface area contributed by atoms with Crippen LogP contribution in [0.5, 0.6) is 5.75 Å². The van der Waals surface area contributed by atoms with E-state index in [1.54, 1.807) is 23.1 Å². The minimum atomic E-state index is -3.98. The first-order chi connectivity index (χ1) is 15.7. The number of nitrogens with one attached hydrogen (secondary N) is 1. The molecule has 0 saturated carbocycles. The molecule has 2 aromatic carbocycles. The molecule has 33 heavy (non-hydrogen) atoms. The summed E-state index contributed by atoms with van der Waals surface area (Å²) < 4.78 is 60.4. The van der Waals surface area contributed by atoms with Crippen molar-refractivity contribution in [3.05, 3.63) is 48.5 Å². The molecule has 180 valence electrons. The number of rotatable bonds is 9. The maximum Gasteiger partial charge on any atom is 0.264 e. The van der Waals surface area contributed by atoms with Crippen molar-refractivity contribution in [3.8, 4) is 5.75 Å². The number of piperidine rings is 1. The van der Waals surface area contributed by atoms with Crippen molar-refractivity contribution >= 4 is 31.6 Å². The number of ether oxygens (including phenoxy) is 1. The highest BCUT2D eigenvalue weighted by Crippen LogP contribution is 2.33. The molecule has 1 N–H and O–H groups in total. The van der Waals surface area contributed by atoms with E-state index in [9.17, 15) is 21.6 Å². The minimum Gasteiger partial charge on any atom is -0.495 e. The Labute approximate surface area is 195 Å². The SMILES string of the molecule is COc1ccc(S(=O)(=O)NCCC(=O)N2CCCCC2)cc1N(C)S(=O)(=O)c1ccccc1. The van der Waals surface area contributed by atoms with Gasteiger partial charge in [0.2, 0.25) is 15.9 Å². The Balaban J connectivity index is 1.78. The van der Waals surface area contributed by atoms with Gasteiger partial charge in [0.05, 0.1) is 22.6 Å². The van der Waals surface area contributed by atoms with E-state index in [0.29, 0.717) is 13.1 Å². The van der Waals surface area contributed by atoms with Gasteiger partial charge < -0.3 is 9.64 Å². The van der Waals surface area contributed by atoms with Gasteiger partial charge in [-0.15, -0.1) is 0 Å². The third-order valence-corrected chi connectivity index (χ3v) is 8.79. The fourth-order valence-corrected chi connectivity index (χ4v) is 5.91. The summed E-state index contributed by atoms with van der Waals surface area (Å²) in [4.78, 5) is 14.0. The third-order valence-electron chi connectivity index (χ3n) is 5.54. The molecule has 2 aromatic rings. The highest BCUT2D eigenvalue weighted by Gasteiger charge is 2.26. The summed E-state index contributed by atoms with van der Waals surface area (Å²) >= 11 is 0. The smallest absolute Gasteiger partial charge is 0.264 e. The van der Waals surface area contributed by atoms with Gasteiger partial charge in [-0.2, -0.15) is 0 Å². The fraction of sp³-hybridized carbons (Fsp3) is 0.409. The largest absolute Gasteiger partial charge is 0.495 e. The van der Waals surface area contributed by atoms with E-state index in [1.807, 2.05) is 0 Å². The number of hydrogen-bond donors (Lipinski definition) is 1. The number of nitrogens with zero attached hydrogens (tertiary/aromatic N) is 2. The number of anilines is 1. The number of carbonyl (C=O) groups is 1. The zero-order valence-corrected chi connectivity index (χ0v) is 20.4. The van der Waals surface area contributed by atoms with Crippen LogP contribution in [0, 0.1) is 0 Å². The fourth-order valence-electron chi connectivity index (χ4n) is 3.64. The quantitative estimate of drug-likeness (QED) is 0.571. The second-order valence-corrected chi connectivity index (χ2v) is 11.4. The molecule has 9 nitrogen and oxygen atoms in total. The molecule has 0 aliphatic carbocycles. The Bertz CT molecular complexity index is 1180. The number of amides is 1. The lowest BCUT2D eigenvalue weighted by atomic mass is 10.1. The van der Waals surface area contributed by atoms with Crippen LogP contribution in [-0.4, -0.2) is 61.4 Å². The van der Waals surface area contributed by atoms with Gasteiger partial charge in [-0.05, 0) is 49.6 Å². The summed E-state index contributed by atoms with van der Waals surface area (Å²) in [7, 11) is -5.21. The van der Waals surface area contributed by atoms with Crippen LogP contribution in [0.3, 0.4) is 0 Å². The summed E-state index contributed by atoms with van der Waals surface area (Å²) in [6.07, 6.45) is 3.09. The summed E-state index contributed by atoms with van der Waals surface area (Å²) in [6.45, 7) is 1.36. The summed E-state index contributed by atoms with van der Waals surface area (Å²) in [5.41, 5.74) is 0.0774. The Hall–Kier alpha value is -2.63.